The summed E-state index contributed by atoms with van der Waals surface area (Å²) >= 11 is 6.11. The molecule has 0 spiro atoms. The molecule has 116 valence electrons. The number of nitrogens with one attached hydrogen (secondary N) is 1. The number of halogens is 1. The first-order chi connectivity index (χ1) is 11.0. The van der Waals surface area contributed by atoms with Gasteiger partial charge in [-0.2, -0.15) is 4.98 Å². The number of hydrogen-bond donors (Lipinski definition) is 2. The van der Waals surface area contributed by atoms with Crippen molar-refractivity contribution in [3.8, 4) is 5.69 Å². The second-order valence-electron chi connectivity index (χ2n) is 4.88. The summed E-state index contributed by atoms with van der Waals surface area (Å²) in [7, 11) is 1.62. The summed E-state index contributed by atoms with van der Waals surface area (Å²) in [4.78, 5) is 28.3. The Balaban J connectivity index is 2.54. The van der Waals surface area contributed by atoms with Crippen LogP contribution in [0.1, 0.15) is 10.4 Å². The molecule has 6 nitrogen and oxygen atoms in total. The number of carbonyl (C=O) groups is 1. The molecule has 0 aliphatic heterocycles. The summed E-state index contributed by atoms with van der Waals surface area (Å²) < 4.78 is 1.40. The summed E-state index contributed by atoms with van der Waals surface area (Å²) in [6.07, 6.45) is 0. The lowest BCUT2D eigenvalue weighted by atomic mass is 10.1. The maximum atomic E-state index is 12.5. The third kappa shape index (κ3) is 2.53. The van der Waals surface area contributed by atoms with E-state index in [1.54, 1.807) is 37.4 Å². The third-order valence-corrected chi connectivity index (χ3v) is 3.69. The molecule has 0 aliphatic rings. The van der Waals surface area contributed by atoms with Crippen LogP contribution in [0, 0.1) is 0 Å². The molecule has 2 aromatic carbocycles. The van der Waals surface area contributed by atoms with E-state index in [9.17, 15) is 9.59 Å². The number of rotatable bonds is 3. The van der Waals surface area contributed by atoms with Crippen LogP contribution in [-0.4, -0.2) is 22.5 Å². The maximum absolute atomic E-state index is 12.5. The van der Waals surface area contributed by atoms with E-state index in [1.807, 2.05) is 6.07 Å². The number of aromatic nitrogens is 2. The zero-order valence-electron chi connectivity index (χ0n) is 12.2. The number of para-hydroxylation sites is 1. The predicted octanol–water partition coefficient (Wildman–Crippen LogP) is 2.18. The minimum atomic E-state index is -0.644. The van der Waals surface area contributed by atoms with Crippen LogP contribution < -0.4 is 16.7 Å². The van der Waals surface area contributed by atoms with E-state index in [0.717, 1.165) is 0 Å². The molecule has 3 aromatic rings. The largest absolute Gasteiger partial charge is 0.372 e. The van der Waals surface area contributed by atoms with E-state index in [4.69, 9.17) is 17.3 Å². The Kier molecular flexibility index (Phi) is 3.75. The molecule has 7 heteroatoms. The molecule has 1 aromatic heterocycles. The lowest BCUT2D eigenvalue weighted by Crippen LogP contribution is -2.24. The number of nitrogens with zero attached hydrogens (tertiary/aromatic N) is 2. The summed E-state index contributed by atoms with van der Waals surface area (Å²) in [5.41, 5.74) is 6.26. The van der Waals surface area contributed by atoms with Crippen LogP contribution in [0.4, 0.5) is 5.82 Å². The van der Waals surface area contributed by atoms with Crippen molar-refractivity contribution in [2.45, 2.75) is 0 Å². The van der Waals surface area contributed by atoms with E-state index < -0.39 is 11.6 Å². The van der Waals surface area contributed by atoms with Crippen LogP contribution in [-0.2, 0) is 0 Å². The summed E-state index contributed by atoms with van der Waals surface area (Å²) in [6, 6.07) is 12.1. The fourth-order valence-electron chi connectivity index (χ4n) is 2.52. The fraction of sp³-hybridized carbons (Fsp3) is 0.0625. The Bertz CT molecular complexity index is 967. The van der Waals surface area contributed by atoms with Gasteiger partial charge in [0.2, 0.25) is 5.91 Å². The molecule has 3 rings (SSSR count). The van der Waals surface area contributed by atoms with Crippen molar-refractivity contribution in [2.75, 3.05) is 12.4 Å². The highest BCUT2D eigenvalue weighted by atomic mass is 35.5. The highest BCUT2D eigenvalue weighted by Gasteiger charge is 2.18. The molecule has 0 fully saturated rings. The van der Waals surface area contributed by atoms with Gasteiger partial charge in [0.25, 0.3) is 0 Å². The van der Waals surface area contributed by atoms with Crippen LogP contribution in [0.15, 0.2) is 47.3 Å². The Hall–Kier alpha value is -2.86. The molecule has 0 radical (unpaired) electrons. The average Bonchev–Trinajstić information content (AvgIpc) is 2.53. The van der Waals surface area contributed by atoms with Gasteiger partial charge < -0.3 is 11.1 Å². The molecular formula is C16H13ClN4O2. The highest BCUT2D eigenvalue weighted by molar-refractivity contribution is 6.32. The summed E-state index contributed by atoms with van der Waals surface area (Å²) in [6.45, 7) is 0. The number of benzene rings is 2. The first-order valence-corrected chi connectivity index (χ1v) is 7.20. The molecule has 1 heterocycles. The van der Waals surface area contributed by atoms with Gasteiger partial charge in [0, 0.05) is 12.1 Å². The number of amides is 1. The number of primary amides is 1. The van der Waals surface area contributed by atoms with Gasteiger partial charge in [-0.05, 0) is 24.3 Å². The van der Waals surface area contributed by atoms with Crippen LogP contribution in [0.5, 0.6) is 0 Å². The maximum Gasteiger partial charge on any atom is 0.354 e. The molecule has 23 heavy (non-hydrogen) atoms. The van der Waals surface area contributed by atoms with E-state index in [1.165, 1.54) is 10.6 Å². The Morgan fingerprint density at radius 1 is 1.26 bits per heavy atom. The lowest BCUT2D eigenvalue weighted by molar-refractivity contribution is 0.100. The molecule has 0 atom stereocenters. The minimum absolute atomic E-state index is 0.203. The van der Waals surface area contributed by atoms with Crippen molar-refractivity contribution < 1.29 is 4.79 Å². The van der Waals surface area contributed by atoms with E-state index in [-0.39, 0.29) is 11.4 Å². The molecule has 1 amide bonds. The van der Waals surface area contributed by atoms with Gasteiger partial charge in [-0.25, -0.2) is 4.79 Å². The topological polar surface area (TPSA) is 90.0 Å². The van der Waals surface area contributed by atoms with Gasteiger partial charge in [0.15, 0.2) is 0 Å². The van der Waals surface area contributed by atoms with Crippen molar-refractivity contribution in [3.63, 3.8) is 0 Å². The van der Waals surface area contributed by atoms with E-state index >= 15 is 0 Å². The predicted molar refractivity (Wildman–Crippen MR) is 90.4 cm³/mol. The van der Waals surface area contributed by atoms with Crippen molar-refractivity contribution >= 4 is 34.2 Å². The monoisotopic (exact) mass is 328 g/mol. The van der Waals surface area contributed by atoms with E-state index in [0.29, 0.717) is 21.6 Å². The zero-order chi connectivity index (χ0) is 16.6. The molecule has 0 aliphatic carbocycles. The van der Waals surface area contributed by atoms with Gasteiger partial charge in [-0.15, -0.1) is 0 Å². The third-order valence-electron chi connectivity index (χ3n) is 3.48. The molecular weight excluding hydrogens is 316 g/mol. The van der Waals surface area contributed by atoms with Gasteiger partial charge in [-0.3, -0.25) is 9.36 Å². The normalized spacial score (nSPS) is 10.7. The van der Waals surface area contributed by atoms with Crippen molar-refractivity contribution in [1.29, 1.82) is 0 Å². The summed E-state index contributed by atoms with van der Waals surface area (Å²) in [5, 5.41) is 3.59. The summed E-state index contributed by atoms with van der Waals surface area (Å²) in [5.74, 6) is -0.364. The van der Waals surface area contributed by atoms with Crippen molar-refractivity contribution in [2.24, 2.45) is 5.73 Å². The Labute approximate surface area is 136 Å². The Morgan fingerprint density at radius 3 is 2.57 bits per heavy atom. The SMILES string of the molecule is CNc1nc(=O)n(-c2ccccc2)c2cc(Cl)cc(C(N)=O)c12. The van der Waals surface area contributed by atoms with Crippen LogP contribution in [0.25, 0.3) is 16.6 Å². The van der Waals surface area contributed by atoms with Gasteiger partial charge in [-0.1, -0.05) is 29.8 Å². The second kappa shape index (κ2) is 5.73. The fourth-order valence-corrected chi connectivity index (χ4v) is 2.74. The van der Waals surface area contributed by atoms with Gasteiger partial charge >= 0.3 is 5.69 Å². The number of fused-ring (bicyclic) bond motifs is 1. The first kappa shape index (κ1) is 15.1. The van der Waals surface area contributed by atoms with Crippen LogP contribution in [0.2, 0.25) is 5.02 Å². The molecule has 0 unspecified atom stereocenters. The number of carbonyl (C=O) groups excluding carboxylic acids is 1. The molecule has 0 saturated carbocycles. The van der Waals surface area contributed by atoms with Gasteiger partial charge in [0.1, 0.15) is 5.82 Å². The first-order valence-electron chi connectivity index (χ1n) is 6.82. The van der Waals surface area contributed by atoms with Gasteiger partial charge in [0.05, 0.1) is 22.2 Å². The molecule has 3 N–H and O–H groups in total. The highest BCUT2D eigenvalue weighted by Crippen LogP contribution is 2.29. The smallest absolute Gasteiger partial charge is 0.354 e. The Morgan fingerprint density at radius 2 is 1.96 bits per heavy atom. The standard InChI is InChI=1S/C16H13ClN4O2/c1-19-15-13-11(14(18)22)7-9(17)8-12(13)21(16(23)20-15)10-5-3-2-4-6-10/h2-8H,1H3,(H2,18,22)(H,19,20,23). The number of anilines is 1. The average molecular weight is 329 g/mol. The molecule has 0 saturated heterocycles. The molecule has 0 bridgehead atoms. The minimum Gasteiger partial charge on any atom is -0.372 e. The van der Waals surface area contributed by atoms with E-state index in [2.05, 4.69) is 10.3 Å². The number of hydrogen-bond acceptors (Lipinski definition) is 4. The number of nitrogens with two attached hydrogens (primary N) is 1. The van der Waals surface area contributed by atoms with Crippen molar-refractivity contribution in [1.82, 2.24) is 9.55 Å². The zero-order valence-corrected chi connectivity index (χ0v) is 13.0. The van der Waals surface area contributed by atoms with Crippen LogP contribution >= 0.6 is 11.6 Å². The lowest BCUT2D eigenvalue weighted by Gasteiger charge is -2.15. The second-order valence-corrected chi connectivity index (χ2v) is 5.31. The van der Waals surface area contributed by atoms with Crippen LogP contribution in [0.3, 0.4) is 0 Å². The quantitative estimate of drug-likeness (QED) is 0.771. The van der Waals surface area contributed by atoms with Crippen molar-refractivity contribution in [3.05, 3.63) is 63.5 Å².